The number of likely N-dealkylation sites (tertiary alicyclic amines) is 1. The average Bonchev–Trinajstić information content (AvgIpc) is 2.21. The van der Waals surface area contributed by atoms with E-state index in [2.05, 4.69) is 11.9 Å². The van der Waals surface area contributed by atoms with Gasteiger partial charge in [0.15, 0.2) is 0 Å². The first-order chi connectivity index (χ1) is 6.61. The molecule has 0 aromatic rings. The number of hydrogen-bond acceptors (Lipinski definition) is 2. The van der Waals surface area contributed by atoms with Gasteiger partial charge >= 0.3 is 0 Å². The highest BCUT2D eigenvalue weighted by Crippen LogP contribution is 2.19. The lowest BCUT2D eigenvalue weighted by Crippen LogP contribution is -2.34. The number of carbonyl (C=O) groups excluding carboxylic acids is 1. The molecule has 0 aliphatic carbocycles. The van der Waals surface area contributed by atoms with Gasteiger partial charge in [-0.15, -0.1) is 0 Å². The van der Waals surface area contributed by atoms with Gasteiger partial charge in [-0.25, -0.2) is 0 Å². The standard InChI is InChI=1S/C10H19NO.C2H6/c1-8(2)10(12)9-4-6-11(3)7-5-9;1-2/h8-9H,4-7H2,1-3H3;1-2H3. The summed E-state index contributed by atoms with van der Waals surface area (Å²) in [5, 5.41) is 0. The minimum atomic E-state index is 0.221. The monoisotopic (exact) mass is 199 g/mol. The number of ketones is 1. The number of hydrogen-bond donors (Lipinski definition) is 0. The van der Waals surface area contributed by atoms with E-state index in [0.29, 0.717) is 11.7 Å². The van der Waals surface area contributed by atoms with E-state index >= 15 is 0 Å². The lowest BCUT2D eigenvalue weighted by Gasteiger charge is -2.28. The molecule has 0 bridgehead atoms. The zero-order valence-corrected chi connectivity index (χ0v) is 10.3. The summed E-state index contributed by atoms with van der Waals surface area (Å²) < 4.78 is 0. The maximum atomic E-state index is 11.6. The molecule has 1 aliphatic rings. The maximum Gasteiger partial charge on any atom is 0.138 e. The third kappa shape index (κ3) is 4.23. The first-order valence-electron chi connectivity index (χ1n) is 5.83. The van der Waals surface area contributed by atoms with Gasteiger partial charge in [-0.2, -0.15) is 0 Å². The van der Waals surface area contributed by atoms with Gasteiger partial charge < -0.3 is 4.90 Å². The van der Waals surface area contributed by atoms with Crippen molar-refractivity contribution >= 4 is 5.78 Å². The quantitative estimate of drug-likeness (QED) is 0.681. The van der Waals surface area contributed by atoms with Crippen molar-refractivity contribution in [3.63, 3.8) is 0 Å². The zero-order valence-electron chi connectivity index (χ0n) is 10.3. The molecule has 84 valence electrons. The Morgan fingerprint density at radius 1 is 1.21 bits per heavy atom. The smallest absolute Gasteiger partial charge is 0.138 e. The highest BCUT2D eigenvalue weighted by atomic mass is 16.1. The predicted molar refractivity (Wildman–Crippen MR) is 61.4 cm³/mol. The van der Waals surface area contributed by atoms with E-state index in [1.807, 2.05) is 27.7 Å². The summed E-state index contributed by atoms with van der Waals surface area (Å²) in [6, 6.07) is 0. The summed E-state index contributed by atoms with van der Waals surface area (Å²) in [5.41, 5.74) is 0. The summed E-state index contributed by atoms with van der Waals surface area (Å²) in [6.07, 6.45) is 2.13. The van der Waals surface area contributed by atoms with E-state index in [9.17, 15) is 4.79 Å². The van der Waals surface area contributed by atoms with E-state index < -0.39 is 0 Å². The van der Waals surface area contributed by atoms with Crippen LogP contribution in [0.15, 0.2) is 0 Å². The fourth-order valence-corrected chi connectivity index (χ4v) is 1.76. The van der Waals surface area contributed by atoms with Crippen molar-refractivity contribution in [2.75, 3.05) is 20.1 Å². The molecule has 0 spiro atoms. The van der Waals surface area contributed by atoms with Crippen molar-refractivity contribution in [1.82, 2.24) is 4.90 Å². The van der Waals surface area contributed by atoms with Crippen LogP contribution in [0.3, 0.4) is 0 Å². The third-order valence-corrected chi connectivity index (χ3v) is 2.69. The lowest BCUT2D eigenvalue weighted by molar-refractivity contribution is -0.127. The SMILES string of the molecule is CC.CC(C)C(=O)C1CCN(C)CC1. The van der Waals surface area contributed by atoms with Crippen LogP contribution in [-0.2, 0) is 4.79 Å². The summed E-state index contributed by atoms with van der Waals surface area (Å²) in [7, 11) is 2.12. The number of rotatable bonds is 2. The number of piperidine rings is 1. The number of Topliss-reactive ketones (excluding diaryl/α,β-unsaturated/α-hetero) is 1. The molecule has 0 aromatic heterocycles. The van der Waals surface area contributed by atoms with E-state index in [1.54, 1.807) is 0 Å². The molecule has 0 radical (unpaired) electrons. The van der Waals surface area contributed by atoms with Crippen LogP contribution in [0.4, 0.5) is 0 Å². The Morgan fingerprint density at radius 2 is 1.64 bits per heavy atom. The van der Waals surface area contributed by atoms with Gasteiger partial charge in [0.05, 0.1) is 0 Å². The van der Waals surface area contributed by atoms with Crippen LogP contribution in [0, 0.1) is 11.8 Å². The van der Waals surface area contributed by atoms with Crippen LogP contribution in [0.25, 0.3) is 0 Å². The largest absolute Gasteiger partial charge is 0.306 e. The van der Waals surface area contributed by atoms with Crippen molar-refractivity contribution in [1.29, 1.82) is 0 Å². The van der Waals surface area contributed by atoms with Crippen LogP contribution < -0.4 is 0 Å². The molecule has 1 fully saturated rings. The van der Waals surface area contributed by atoms with Crippen molar-refractivity contribution < 1.29 is 4.79 Å². The molecule has 1 aliphatic heterocycles. The molecule has 0 unspecified atom stereocenters. The first-order valence-corrected chi connectivity index (χ1v) is 5.83. The van der Waals surface area contributed by atoms with Gasteiger partial charge in [0.2, 0.25) is 0 Å². The summed E-state index contributed by atoms with van der Waals surface area (Å²) in [4.78, 5) is 13.9. The lowest BCUT2D eigenvalue weighted by atomic mass is 9.87. The highest BCUT2D eigenvalue weighted by Gasteiger charge is 2.24. The fraction of sp³-hybridized carbons (Fsp3) is 0.917. The molecule has 0 saturated carbocycles. The molecule has 0 N–H and O–H groups in total. The van der Waals surface area contributed by atoms with Gasteiger partial charge in [0, 0.05) is 11.8 Å². The molecule has 2 nitrogen and oxygen atoms in total. The van der Waals surface area contributed by atoms with Crippen LogP contribution in [0.2, 0.25) is 0 Å². The number of nitrogens with zero attached hydrogens (tertiary/aromatic N) is 1. The maximum absolute atomic E-state index is 11.6. The van der Waals surface area contributed by atoms with Crippen molar-refractivity contribution in [3.05, 3.63) is 0 Å². The molecule has 0 aromatic carbocycles. The second-order valence-corrected chi connectivity index (χ2v) is 4.13. The van der Waals surface area contributed by atoms with Gasteiger partial charge in [-0.05, 0) is 33.0 Å². The highest BCUT2D eigenvalue weighted by molar-refractivity contribution is 5.82. The molecule has 1 saturated heterocycles. The Balaban J connectivity index is 0.000000791. The van der Waals surface area contributed by atoms with Crippen LogP contribution in [-0.4, -0.2) is 30.8 Å². The fourth-order valence-electron chi connectivity index (χ4n) is 1.76. The Kier molecular flexibility index (Phi) is 6.81. The number of carbonyl (C=O) groups is 1. The second kappa shape index (κ2) is 6.99. The van der Waals surface area contributed by atoms with Crippen LogP contribution >= 0.6 is 0 Å². The molecule has 2 heteroatoms. The van der Waals surface area contributed by atoms with Crippen LogP contribution in [0.1, 0.15) is 40.5 Å². The minimum Gasteiger partial charge on any atom is -0.306 e. The van der Waals surface area contributed by atoms with E-state index in [4.69, 9.17) is 0 Å². The van der Waals surface area contributed by atoms with Gasteiger partial charge in [0.25, 0.3) is 0 Å². The Labute approximate surface area is 88.7 Å². The van der Waals surface area contributed by atoms with Crippen molar-refractivity contribution in [3.8, 4) is 0 Å². The van der Waals surface area contributed by atoms with E-state index in [-0.39, 0.29) is 5.92 Å². The molecular formula is C12H25NO. The normalized spacial score (nSPS) is 19.0. The summed E-state index contributed by atoms with van der Waals surface area (Å²) >= 11 is 0. The second-order valence-electron chi connectivity index (χ2n) is 4.13. The Morgan fingerprint density at radius 3 is 2.00 bits per heavy atom. The predicted octanol–water partition coefficient (Wildman–Crippen LogP) is 2.58. The molecule has 14 heavy (non-hydrogen) atoms. The summed E-state index contributed by atoms with van der Waals surface area (Å²) in [5.74, 6) is 1.03. The Hall–Kier alpha value is -0.370. The van der Waals surface area contributed by atoms with Gasteiger partial charge in [0.1, 0.15) is 5.78 Å². The Bertz CT molecular complexity index is 158. The average molecular weight is 199 g/mol. The minimum absolute atomic E-state index is 0.221. The van der Waals surface area contributed by atoms with Crippen molar-refractivity contribution in [2.45, 2.75) is 40.5 Å². The van der Waals surface area contributed by atoms with E-state index in [1.165, 1.54) is 0 Å². The molecule has 1 rings (SSSR count). The van der Waals surface area contributed by atoms with Crippen molar-refractivity contribution in [2.24, 2.45) is 11.8 Å². The molecule has 1 heterocycles. The topological polar surface area (TPSA) is 20.3 Å². The summed E-state index contributed by atoms with van der Waals surface area (Å²) in [6.45, 7) is 10.2. The molecular weight excluding hydrogens is 174 g/mol. The van der Waals surface area contributed by atoms with E-state index in [0.717, 1.165) is 25.9 Å². The molecule has 0 amide bonds. The zero-order chi connectivity index (χ0) is 11.1. The van der Waals surface area contributed by atoms with Gasteiger partial charge in [-0.1, -0.05) is 27.7 Å². The third-order valence-electron chi connectivity index (χ3n) is 2.69. The first kappa shape index (κ1) is 13.6. The molecule has 0 atom stereocenters. The van der Waals surface area contributed by atoms with Crippen LogP contribution in [0.5, 0.6) is 0 Å². The van der Waals surface area contributed by atoms with Gasteiger partial charge in [-0.3, -0.25) is 4.79 Å².